The SMILES string of the molecule is CS(=O)(=O)Nc1ccccc1NC(=O)c1ccc(Cl)nn1. The van der Waals surface area contributed by atoms with E-state index < -0.39 is 15.9 Å². The molecule has 7 nitrogen and oxygen atoms in total. The molecule has 0 spiro atoms. The second-order valence-electron chi connectivity index (χ2n) is 4.12. The number of rotatable bonds is 4. The third-order valence-corrected chi connectivity index (χ3v) is 3.13. The molecule has 1 aromatic carbocycles. The van der Waals surface area contributed by atoms with Crippen molar-refractivity contribution in [2.75, 3.05) is 16.3 Å². The zero-order chi connectivity index (χ0) is 15.5. The van der Waals surface area contributed by atoms with E-state index in [0.29, 0.717) is 5.69 Å². The van der Waals surface area contributed by atoms with Crippen LogP contribution in [0.4, 0.5) is 11.4 Å². The molecule has 0 fully saturated rings. The highest BCUT2D eigenvalue weighted by atomic mass is 35.5. The number of benzene rings is 1. The van der Waals surface area contributed by atoms with Crippen LogP contribution in [0.2, 0.25) is 5.15 Å². The van der Waals surface area contributed by atoms with Gasteiger partial charge in [0.05, 0.1) is 17.6 Å². The maximum atomic E-state index is 12.0. The van der Waals surface area contributed by atoms with Crippen LogP contribution in [-0.4, -0.2) is 30.8 Å². The van der Waals surface area contributed by atoms with Crippen molar-refractivity contribution in [1.29, 1.82) is 0 Å². The first-order valence-electron chi connectivity index (χ1n) is 5.72. The molecule has 0 aliphatic heterocycles. The summed E-state index contributed by atoms with van der Waals surface area (Å²) < 4.78 is 24.9. The minimum Gasteiger partial charge on any atom is -0.319 e. The first-order valence-corrected chi connectivity index (χ1v) is 7.99. The van der Waals surface area contributed by atoms with Gasteiger partial charge in [0.15, 0.2) is 10.8 Å². The van der Waals surface area contributed by atoms with Crippen LogP contribution in [-0.2, 0) is 10.0 Å². The van der Waals surface area contributed by atoms with Crippen molar-refractivity contribution in [1.82, 2.24) is 10.2 Å². The summed E-state index contributed by atoms with van der Waals surface area (Å²) in [4.78, 5) is 12.0. The van der Waals surface area contributed by atoms with Crippen molar-refractivity contribution in [3.05, 3.63) is 47.2 Å². The first kappa shape index (κ1) is 15.2. The number of amides is 1. The topological polar surface area (TPSA) is 101 Å². The standard InChI is InChI=1S/C12H11ClN4O3S/c1-21(19,20)17-9-5-3-2-4-8(9)14-12(18)10-6-7-11(13)16-15-10/h2-7,17H,1H3,(H,14,18). The lowest BCUT2D eigenvalue weighted by Crippen LogP contribution is -2.17. The molecule has 1 heterocycles. The van der Waals surface area contributed by atoms with Crippen molar-refractivity contribution in [3.63, 3.8) is 0 Å². The largest absolute Gasteiger partial charge is 0.319 e. The van der Waals surface area contributed by atoms with Crippen LogP contribution in [0.15, 0.2) is 36.4 Å². The van der Waals surface area contributed by atoms with E-state index >= 15 is 0 Å². The molecule has 0 bridgehead atoms. The average molecular weight is 327 g/mol. The van der Waals surface area contributed by atoms with Crippen LogP contribution in [0, 0.1) is 0 Å². The lowest BCUT2D eigenvalue weighted by molar-refractivity contribution is 0.102. The Morgan fingerprint density at radius 2 is 1.76 bits per heavy atom. The third-order valence-electron chi connectivity index (χ3n) is 2.34. The predicted octanol–water partition coefficient (Wildman–Crippen LogP) is 1.75. The minimum atomic E-state index is -3.45. The van der Waals surface area contributed by atoms with Gasteiger partial charge in [0.2, 0.25) is 10.0 Å². The molecule has 0 unspecified atom stereocenters. The highest BCUT2D eigenvalue weighted by Gasteiger charge is 2.12. The summed E-state index contributed by atoms with van der Waals surface area (Å²) in [5.74, 6) is -0.526. The number of sulfonamides is 1. The maximum absolute atomic E-state index is 12.0. The normalized spacial score (nSPS) is 11.0. The fraction of sp³-hybridized carbons (Fsp3) is 0.0833. The quantitative estimate of drug-likeness (QED) is 0.891. The first-order chi connectivity index (χ1) is 9.85. The van der Waals surface area contributed by atoms with Crippen molar-refractivity contribution < 1.29 is 13.2 Å². The minimum absolute atomic E-state index is 0.0635. The second-order valence-corrected chi connectivity index (χ2v) is 6.25. The molecule has 2 N–H and O–H groups in total. The van der Waals surface area contributed by atoms with Gasteiger partial charge < -0.3 is 5.32 Å². The summed E-state index contributed by atoms with van der Waals surface area (Å²) in [6.45, 7) is 0. The summed E-state index contributed by atoms with van der Waals surface area (Å²) in [6.07, 6.45) is 1.02. The molecule has 2 rings (SSSR count). The molecule has 1 amide bonds. The van der Waals surface area contributed by atoms with Crippen molar-refractivity contribution in [3.8, 4) is 0 Å². The van der Waals surface area contributed by atoms with Crippen LogP contribution in [0.3, 0.4) is 0 Å². The zero-order valence-electron chi connectivity index (χ0n) is 10.9. The monoisotopic (exact) mass is 326 g/mol. The van der Waals surface area contributed by atoms with Crippen molar-refractivity contribution >= 4 is 38.9 Å². The second kappa shape index (κ2) is 6.06. The number of anilines is 2. The Balaban J connectivity index is 2.23. The summed E-state index contributed by atoms with van der Waals surface area (Å²) in [6, 6.07) is 9.25. The van der Waals surface area contributed by atoms with Crippen LogP contribution in [0.25, 0.3) is 0 Å². The summed E-state index contributed by atoms with van der Waals surface area (Å²) in [7, 11) is -3.45. The number of nitrogens with one attached hydrogen (secondary N) is 2. The van der Waals surface area contributed by atoms with Gasteiger partial charge in [-0.2, -0.15) is 0 Å². The van der Waals surface area contributed by atoms with Gasteiger partial charge in [-0.15, -0.1) is 10.2 Å². The molecule has 9 heteroatoms. The Morgan fingerprint density at radius 1 is 1.10 bits per heavy atom. The van der Waals surface area contributed by atoms with Crippen LogP contribution < -0.4 is 10.0 Å². The predicted molar refractivity (Wildman–Crippen MR) is 79.9 cm³/mol. The van der Waals surface area contributed by atoms with Gasteiger partial charge in [-0.05, 0) is 24.3 Å². The Morgan fingerprint density at radius 3 is 2.33 bits per heavy atom. The molecule has 110 valence electrons. The van der Waals surface area contributed by atoms with Gasteiger partial charge in [0, 0.05) is 0 Å². The Hall–Kier alpha value is -2.19. The number of carbonyl (C=O) groups excluding carboxylic acids is 1. The van der Waals surface area contributed by atoms with E-state index in [2.05, 4.69) is 20.2 Å². The van der Waals surface area contributed by atoms with Crippen LogP contribution in [0.1, 0.15) is 10.5 Å². The molecule has 0 radical (unpaired) electrons. The van der Waals surface area contributed by atoms with Crippen LogP contribution >= 0.6 is 11.6 Å². The van der Waals surface area contributed by atoms with Crippen molar-refractivity contribution in [2.45, 2.75) is 0 Å². The Bertz CT molecular complexity index is 762. The number of nitrogens with zero attached hydrogens (tertiary/aromatic N) is 2. The number of hydrogen-bond acceptors (Lipinski definition) is 5. The van der Waals surface area contributed by atoms with Gasteiger partial charge >= 0.3 is 0 Å². The van der Waals surface area contributed by atoms with E-state index in [1.54, 1.807) is 18.2 Å². The van der Waals surface area contributed by atoms with E-state index in [1.807, 2.05) is 0 Å². The third kappa shape index (κ3) is 4.40. The molecular formula is C12H11ClN4O3S. The smallest absolute Gasteiger partial charge is 0.276 e. The fourth-order valence-corrected chi connectivity index (χ4v) is 2.18. The highest BCUT2D eigenvalue weighted by Crippen LogP contribution is 2.22. The van der Waals surface area contributed by atoms with Gasteiger partial charge in [-0.3, -0.25) is 9.52 Å². The Labute approximate surface area is 126 Å². The van der Waals surface area contributed by atoms with Gasteiger partial charge in [-0.1, -0.05) is 23.7 Å². The molecule has 0 saturated carbocycles. The van der Waals surface area contributed by atoms with Gasteiger partial charge in [0.1, 0.15) is 0 Å². The summed E-state index contributed by atoms with van der Waals surface area (Å²) in [5, 5.41) is 9.94. The molecule has 2 aromatic rings. The molecule has 0 aliphatic rings. The highest BCUT2D eigenvalue weighted by molar-refractivity contribution is 7.92. The van der Waals surface area contributed by atoms with E-state index in [-0.39, 0.29) is 16.5 Å². The van der Waals surface area contributed by atoms with Gasteiger partial charge in [-0.25, -0.2) is 8.42 Å². The van der Waals surface area contributed by atoms with Crippen LogP contribution in [0.5, 0.6) is 0 Å². The van der Waals surface area contributed by atoms with E-state index in [4.69, 9.17) is 11.6 Å². The average Bonchev–Trinajstić information content (AvgIpc) is 2.40. The lowest BCUT2D eigenvalue weighted by atomic mass is 10.2. The van der Waals surface area contributed by atoms with E-state index in [1.165, 1.54) is 18.2 Å². The molecule has 1 aromatic heterocycles. The molecule has 21 heavy (non-hydrogen) atoms. The number of para-hydroxylation sites is 2. The number of aromatic nitrogens is 2. The van der Waals surface area contributed by atoms with Gasteiger partial charge in [0.25, 0.3) is 5.91 Å². The molecular weight excluding hydrogens is 316 g/mol. The molecule has 0 saturated heterocycles. The number of hydrogen-bond donors (Lipinski definition) is 2. The zero-order valence-corrected chi connectivity index (χ0v) is 12.4. The molecule has 0 aliphatic carbocycles. The molecule has 0 atom stereocenters. The summed E-state index contributed by atoms with van der Waals surface area (Å²) in [5.41, 5.74) is 0.633. The fourth-order valence-electron chi connectivity index (χ4n) is 1.50. The number of carbonyl (C=O) groups is 1. The Kier molecular flexibility index (Phi) is 4.39. The summed E-state index contributed by atoms with van der Waals surface area (Å²) >= 11 is 5.59. The van der Waals surface area contributed by atoms with Crippen molar-refractivity contribution in [2.24, 2.45) is 0 Å². The lowest BCUT2D eigenvalue weighted by Gasteiger charge is -2.11. The number of halogens is 1. The van der Waals surface area contributed by atoms with E-state index in [0.717, 1.165) is 6.26 Å². The maximum Gasteiger partial charge on any atom is 0.276 e. The van der Waals surface area contributed by atoms with E-state index in [9.17, 15) is 13.2 Å².